The number of rotatable bonds is 10. The van der Waals surface area contributed by atoms with Crippen molar-refractivity contribution in [2.24, 2.45) is 14.1 Å². The van der Waals surface area contributed by atoms with E-state index in [9.17, 15) is 9.59 Å². The predicted molar refractivity (Wildman–Crippen MR) is 267 cm³/mol. The zero-order chi connectivity index (χ0) is 48.8. The topological polar surface area (TPSA) is 181 Å². The van der Waals surface area contributed by atoms with Crippen LogP contribution in [-0.2, 0) is 23.6 Å². The fraction of sp³-hybridized carbons (Fsp3) is 0.321. The van der Waals surface area contributed by atoms with E-state index in [0.29, 0.717) is 11.6 Å². The van der Waals surface area contributed by atoms with Gasteiger partial charge in [-0.25, -0.2) is 24.7 Å². The van der Waals surface area contributed by atoms with Crippen LogP contribution >= 0.6 is 0 Å². The Labute approximate surface area is 407 Å². The highest BCUT2D eigenvalue weighted by atomic mass is 16.6. The van der Waals surface area contributed by atoms with Crippen molar-refractivity contribution in [2.45, 2.75) is 83.0 Å². The lowest BCUT2D eigenvalue weighted by Gasteiger charge is -2.31. The Balaban J connectivity index is 0.000000175. The molecule has 2 unspecified atom stereocenters. The van der Waals surface area contributed by atoms with E-state index >= 15 is 0 Å². The molecule has 2 atom stereocenters. The molecule has 2 fully saturated rings. The maximum absolute atomic E-state index is 12.2. The maximum Gasteiger partial charge on any atom is 0.407 e. The fourth-order valence-corrected chi connectivity index (χ4v) is 8.93. The Morgan fingerprint density at radius 2 is 1.07 bits per heavy atom. The summed E-state index contributed by atoms with van der Waals surface area (Å²) in [4.78, 5) is 44.3. The van der Waals surface area contributed by atoms with Crippen molar-refractivity contribution in [2.75, 3.05) is 13.1 Å². The molecule has 1 saturated heterocycles. The molecule has 358 valence electrons. The van der Waals surface area contributed by atoms with Crippen molar-refractivity contribution in [1.29, 1.82) is 0 Å². The van der Waals surface area contributed by atoms with Crippen molar-refractivity contribution in [3.8, 4) is 67.3 Å². The molecular weight excluding hydrogens is 881 g/mol. The molecule has 2 aromatic carbocycles. The van der Waals surface area contributed by atoms with Crippen molar-refractivity contribution in [3.63, 3.8) is 0 Å². The number of aryl methyl sites for hydroxylation is 2. The monoisotopic (exact) mass is 938 g/mol. The first kappa shape index (κ1) is 47.0. The Morgan fingerprint density at radius 1 is 0.600 bits per heavy atom. The molecule has 70 heavy (non-hydrogen) atoms. The molecule has 8 aromatic rings. The average Bonchev–Trinajstić information content (AvgIpc) is 4.23. The number of piperidine rings is 1. The van der Waals surface area contributed by atoms with E-state index in [4.69, 9.17) is 4.74 Å². The van der Waals surface area contributed by atoms with Gasteiger partial charge in [-0.1, -0.05) is 43.0 Å². The third kappa shape index (κ3) is 11.4. The van der Waals surface area contributed by atoms with Crippen molar-refractivity contribution in [3.05, 3.63) is 136 Å². The van der Waals surface area contributed by atoms with Gasteiger partial charge in [0, 0.05) is 127 Å². The molecule has 17 nitrogen and oxygen atoms in total. The number of nitrogens with zero attached hydrogens (tertiary/aromatic N) is 13. The number of likely N-dealkylation sites (tertiary alicyclic amines) is 1. The summed E-state index contributed by atoms with van der Waals surface area (Å²) in [5.41, 5.74) is 9.46. The second-order valence-corrected chi connectivity index (χ2v) is 18.9. The number of hydrogen-bond donors (Lipinski definition) is 1. The third-order valence-corrected chi connectivity index (χ3v) is 12.6. The molecule has 1 aliphatic heterocycles. The predicted octanol–water partition coefficient (Wildman–Crippen LogP) is 9.17. The number of aromatic nitrogens is 12. The van der Waals surface area contributed by atoms with Gasteiger partial charge in [-0.15, -0.1) is 0 Å². The van der Waals surface area contributed by atoms with E-state index in [1.54, 1.807) is 9.36 Å². The number of carbonyl (C=O) groups excluding carboxylic acids is 2. The molecule has 7 heterocycles. The second kappa shape index (κ2) is 20.6. The zero-order valence-electron chi connectivity index (χ0n) is 40.3. The minimum atomic E-state index is -0.505. The van der Waals surface area contributed by atoms with E-state index in [-0.39, 0.29) is 30.1 Å². The summed E-state index contributed by atoms with van der Waals surface area (Å²) in [5.74, 6) is 1.35. The molecule has 6 aromatic heterocycles. The molecule has 2 amide bonds. The number of amides is 2. The van der Waals surface area contributed by atoms with Gasteiger partial charge in [0.15, 0.2) is 11.6 Å². The minimum Gasteiger partial charge on any atom is -0.444 e. The molecule has 1 aliphatic carbocycles. The van der Waals surface area contributed by atoms with E-state index < -0.39 is 5.60 Å². The normalized spacial score (nSPS) is 16.3. The molecule has 1 saturated carbocycles. The first-order valence-corrected chi connectivity index (χ1v) is 23.7. The zero-order valence-corrected chi connectivity index (χ0v) is 40.3. The number of hydrogen-bond acceptors (Lipinski definition) is 11. The van der Waals surface area contributed by atoms with E-state index in [1.165, 1.54) is 6.08 Å². The van der Waals surface area contributed by atoms with E-state index in [0.717, 1.165) is 107 Å². The van der Waals surface area contributed by atoms with Crippen LogP contribution in [0.3, 0.4) is 0 Å². The fourth-order valence-electron chi connectivity index (χ4n) is 8.93. The quantitative estimate of drug-likeness (QED) is 0.129. The first-order chi connectivity index (χ1) is 33.8. The number of ether oxygens (including phenoxy) is 1. The van der Waals surface area contributed by atoms with Crippen LogP contribution in [0.2, 0.25) is 0 Å². The van der Waals surface area contributed by atoms with Gasteiger partial charge >= 0.3 is 6.09 Å². The highest BCUT2D eigenvalue weighted by Crippen LogP contribution is 2.32. The van der Waals surface area contributed by atoms with Gasteiger partial charge < -0.3 is 15.0 Å². The molecule has 0 bridgehead atoms. The SMILES string of the molecule is C=CC(=O)N1CCC(n2cc(-c3cnc(-c4cccc(-c5cnn(C)c5)c4)nc3)cn2)CC1.Cn1cc(-c2cccc(-c3ncc(-c4cnn(C5CCCC(NC(=O)OC(C)(C)C)C5)c4)cn3)c2)cn1. The molecule has 0 spiro atoms. The van der Waals surface area contributed by atoms with Crippen LogP contribution in [0.25, 0.3) is 67.3 Å². The highest BCUT2D eigenvalue weighted by Gasteiger charge is 2.27. The lowest BCUT2D eigenvalue weighted by molar-refractivity contribution is -0.127. The lowest BCUT2D eigenvalue weighted by atomic mass is 9.91. The van der Waals surface area contributed by atoms with Gasteiger partial charge in [0.25, 0.3) is 0 Å². The summed E-state index contributed by atoms with van der Waals surface area (Å²) in [7, 11) is 3.81. The van der Waals surface area contributed by atoms with Gasteiger partial charge in [0.1, 0.15) is 5.60 Å². The number of nitrogens with one attached hydrogen (secondary N) is 1. The third-order valence-electron chi connectivity index (χ3n) is 12.6. The largest absolute Gasteiger partial charge is 0.444 e. The molecule has 17 heteroatoms. The molecular formula is C53H58N14O3. The van der Waals surface area contributed by atoms with Crippen molar-refractivity contribution >= 4 is 12.0 Å². The van der Waals surface area contributed by atoms with Crippen LogP contribution in [0.1, 0.15) is 71.4 Å². The summed E-state index contributed by atoms with van der Waals surface area (Å²) >= 11 is 0. The summed E-state index contributed by atoms with van der Waals surface area (Å²) in [5, 5.41) is 20.7. The van der Waals surface area contributed by atoms with Gasteiger partial charge in [-0.05, 0) is 88.6 Å². The Morgan fingerprint density at radius 3 is 1.54 bits per heavy atom. The summed E-state index contributed by atoms with van der Waals surface area (Å²) in [6.45, 7) is 10.6. The standard InChI is InChI=1S/C28H33N7O2.C25H25N7O/c1-28(2,3)37-27(36)33-24-9-6-10-25(12-24)35-18-23(16-32-35)21-13-29-26(30-14-21)20-8-5-7-19(11-20)22-15-31-34(4)17-22;1-3-24(33)31-9-7-23(8-10-31)32-17-22(15-29-32)20-12-26-25(27-13-20)19-6-4-5-18(11-19)21-14-28-30(2)16-21/h5,7-8,11,13-18,24-25H,6,9-10,12H2,1-4H3,(H,33,36);3-6,11-17,23H,1,7-10H2,2H3. The lowest BCUT2D eigenvalue weighted by Crippen LogP contribution is -2.41. The van der Waals surface area contributed by atoms with Gasteiger partial charge in [-0.3, -0.25) is 23.5 Å². The Bertz CT molecular complexity index is 3060. The maximum atomic E-state index is 12.2. The summed E-state index contributed by atoms with van der Waals surface area (Å²) in [6, 6.07) is 16.9. The molecule has 10 rings (SSSR count). The summed E-state index contributed by atoms with van der Waals surface area (Å²) in [6.07, 6.45) is 29.4. The van der Waals surface area contributed by atoms with Gasteiger partial charge in [-0.2, -0.15) is 20.4 Å². The Kier molecular flexibility index (Phi) is 13.9. The van der Waals surface area contributed by atoms with Crippen LogP contribution < -0.4 is 5.32 Å². The molecule has 1 N–H and O–H groups in total. The van der Waals surface area contributed by atoms with Crippen molar-refractivity contribution in [1.82, 2.24) is 69.3 Å². The second-order valence-electron chi connectivity index (χ2n) is 18.9. The average molecular weight is 939 g/mol. The van der Waals surface area contributed by atoms with E-state index in [1.807, 2.05) is 148 Å². The number of alkyl carbamates (subject to hydrolysis) is 1. The van der Waals surface area contributed by atoms with Crippen LogP contribution in [0.5, 0.6) is 0 Å². The van der Waals surface area contributed by atoms with E-state index in [2.05, 4.69) is 76.5 Å². The molecule has 2 aliphatic rings. The Hall–Kier alpha value is -8.08. The number of carbonyl (C=O) groups is 2. The van der Waals surface area contributed by atoms with Gasteiger partial charge in [0.2, 0.25) is 5.91 Å². The van der Waals surface area contributed by atoms with Crippen LogP contribution in [0.15, 0.2) is 136 Å². The smallest absolute Gasteiger partial charge is 0.407 e. The minimum absolute atomic E-state index is 0.00202. The first-order valence-electron chi connectivity index (χ1n) is 23.7. The summed E-state index contributed by atoms with van der Waals surface area (Å²) < 4.78 is 13.0. The van der Waals surface area contributed by atoms with Gasteiger partial charge in [0.05, 0.1) is 36.9 Å². The molecule has 0 radical (unpaired) electrons. The van der Waals surface area contributed by atoms with Crippen LogP contribution in [-0.4, -0.2) is 101 Å². The van der Waals surface area contributed by atoms with Crippen LogP contribution in [0, 0.1) is 0 Å². The van der Waals surface area contributed by atoms with Crippen molar-refractivity contribution < 1.29 is 14.3 Å². The highest BCUT2D eigenvalue weighted by molar-refractivity contribution is 5.87. The number of benzene rings is 2. The van der Waals surface area contributed by atoms with Crippen LogP contribution in [0.4, 0.5) is 4.79 Å².